The Balaban J connectivity index is 1.76. The lowest BCUT2D eigenvalue weighted by Crippen LogP contribution is -2.33. The first-order valence-electron chi connectivity index (χ1n) is 9.25. The molecule has 0 spiro atoms. The van der Waals surface area contributed by atoms with Crippen LogP contribution in [0.2, 0.25) is 0 Å². The summed E-state index contributed by atoms with van der Waals surface area (Å²) in [7, 11) is 0. The molecule has 0 aliphatic rings. The maximum Gasteiger partial charge on any atom is 0.237 e. The van der Waals surface area contributed by atoms with Crippen molar-refractivity contribution in [3.63, 3.8) is 0 Å². The van der Waals surface area contributed by atoms with Gasteiger partial charge >= 0.3 is 0 Å². The third kappa shape index (κ3) is 4.83. The Morgan fingerprint density at radius 3 is 2.70 bits per heavy atom. The predicted molar refractivity (Wildman–Crippen MR) is 123 cm³/mol. The Labute approximate surface area is 188 Å². The second kappa shape index (κ2) is 9.78. The number of anilines is 1. The summed E-state index contributed by atoms with van der Waals surface area (Å²) in [5, 5.41) is 17.7. The summed E-state index contributed by atoms with van der Waals surface area (Å²) in [4.78, 5) is 14.6. The molecule has 3 rings (SSSR count). The van der Waals surface area contributed by atoms with E-state index in [4.69, 9.17) is 11.1 Å². The first-order valence-corrected chi connectivity index (χ1v) is 11.0. The van der Waals surface area contributed by atoms with Gasteiger partial charge in [0.1, 0.15) is 0 Å². The number of carbonyl (C=O) groups excluding carboxylic acids is 1. The molecule has 0 bridgehead atoms. The number of nitrogens with zero attached hydrogens (tertiary/aromatic N) is 5. The zero-order valence-electron chi connectivity index (χ0n) is 16.7. The largest absolute Gasteiger partial charge is 0.335 e. The summed E-state index contributed by atoms with van der Waals surface area (Å²) < 4.78 is 2.24. The van der Waals surface area contributed by atoms with Crippen LogP contribution in [0.15, 0.2) is 52.1 Å². The third-order valence-electron chi connectivity index (χ3n) is 4.65. The van der Waals surface area contributed by atoms with E-state index < -0.39 is 0 Å². The highest BCUT2D eigenvalue weighted by Gasteiger charge is 2.19. The van der Waals surface area contributed by atoms with Crippen LogP contribution in [-0.2, 0) is 4.79 Å². The normalized spacial score (nSPS) is 10.6. The molecule has 0 aliphatic heterocycles. The molecule has 1 aromatic heterocycles. The van der Waals surface area contributed by atoms with E-state index in [9.17, 15) is 4.79 Å². The molecule has 2 aromatic carbocycles. The Kier molecular flexibility index (Phi) is 7.13. The molecule has 0 unspecified atom stereocenters. The number of benzene rings is 2. The van der Waals surface area contributed by atoms with Gasteiger partial charge in [0.05, 0.1) is 18.2 Å². The van der Waals surface area contributed by atoms with E-state index in [2.05, 4.69) is 32.2 Å². The first-order chi connectivity index (χ1) is 14.4. The zero-order chi connectivity index (χ0) is 21.7. The van der Waals surface area contributed by atoms with Gasteiger partial charge in [-0.1, -0.05) is 45.9 Å². The van der Waals surface area contributed by atoms with Gasteiger partial charge in [0, 0.05) is 22.3 Å². The van der Waals surface area contributed by atoms with E-state index in [-0.39, 0.29) is 18.1 Å². The molecule has 1 heterocycles. The highest BCUT2D eigenvalue weighted by atomic mass is 79.9. The van der Waals surface area contributed by atoms with Crippen molar-refractivity contribution in [1.29, 1.82) is 5.26 Å². The van der Waals surface area contributed by atoms with Crippen molar-refractivity contribution in [3.8, 4) is 17.5 Å². The maximum atomic E-state index is 13.0. The van der Waals surface area contributed by atoms with Crippen LogP contribution in [-0.4, -0.2) is 33.1 Å². The van der Waals surface area contributed by atoms with Crippen molar-refractivity contribution >= 4 is 39.3 Å². The lowest BCUT2D eigenvalue weighted by molar-refractivity contribution is -0.116. The molecule has 0 saturated carbocycles. The lowest BCUT2D eigenvalue weighted by atomic mass is 10.1. The minimum atomic E-state index is -0.121. The van der Waals surface area contributed by atoms with Gasteiger partial charge in [-0.3, -0.25) is 4.79 Å². The Bertz CT molecular complexity index is 1110. The van der Waals surface area contributed by atoms with Crippen LogP contribution >= 0.6 is 27.7 Å². The fourth-order valence-corrected chi connectivity index (χ4v) is 4.05. The van der Waals surface area contributed by atoms with Gasteiger partial charge in [-0.25, -0.2) is 4.68 Å². The van der Waals surface area contributed by atoms with Gasteiger partial charge < -0.3 is 10.7 Å². The average Bonchev–Trinajstić information content (AvgIpc) is 3.09. The van der Waals surface area contributed by atoms with Gasteiger partial charge in [0.2, 0.25) is 11.1 Å². The molecule has 1 amide bonds. The summed E-state index contributed by atoms with van der Waals surface area (Å²) >= 11 is 4.70. The van der Waals surface area contributed by atoms with Crippen LogP contribution in [0, 0.1) is 25.2 Å². The molecule has 0 radical (unpaired) electrons. The lowest BCUT2D eigenvalue weighted by Gasteiger charge is -2.22. The molecular formula is C21H21BrN6OS. The van der Waals surface area contributed by atoms with Crippen LogP contribution in [0.5, 0.6) is 0 Å². The zero-order valence-corrected chi connectivity index (χ0v) is 19.1. The van der Waals surface area contributed by atoms with Crippen LogP contribution in [0.4, 0.5) is 5.69 Å². The molecule has 9 heteroatoms. The summed E-state index contributed by atoms with van der Waals surface area (Å²) in [5.41, 5.74) is 3.84. The van der Waals surface area contributed by atoms with Gasteiger partial charge in [-0.2, -0.15) is 5.26 Å². The highest BCUT2D eigenvalue weighted by Crippen LogP contribution is 2.28. The summed E-state index contributed by atoms with van der Waals surface area (Å²) in [5.74, 6) is 6.69. The number of amides is 1. The van der Waals surface area contributed by atoms with Crippen molar-refractivity contribution in [3.05, 3.63) is 58.1 Å². The number of thioether (sulfide) groups is 1. The van der Waals surface area contributed by atoms with E-state index in [1.165, 1.54) is 16.4 Å². The maximum absolute atomic E-state index is 13.0. The number of rotatable bonds is 7. The Morgan fingerprint density at radius 2 is 2.00 bits per heavy atom. The van der Waals surface area contributed by atoms with Crippen LogP contribution < -0.4 is 10.7 Å². The van der Waals surface area contributed by atoms with Crippen molar-refractivity contribution in [2.24, 2.45) is 0 Å². The molecular weight excluding hydrogens is 464 g/mol. The minimum absolute atomic E-state index is 0.121. The number of nitrogen functional groups attached to an aromatic ring is 1. The van der Waals surface area contributed by atoms with Crippen molar-refractivity contribution in [2.45, 2.75) is 25.4 Å². The summed E-state index contributed by atoms with van der Waals surface area (Å²) in [6, 6.07) is 15.5. The van der Waals surface area contributed by atoms with Crippen LogP contribution in [0.3, 0.4) is 0 Å². The van der Waals surface area contributed by atoms with E-state index in [1.807, 2.05) is 56.3 Å². The number of aryl methyl sites for hydroxylation is 2. The molecule has 0 fully saturated rings. The quantitative estimate of drug-likeness (QED) is 0.400. The summed E-state index contributed by atoms with van der Waals surface area (Å²) in [6.07, 6.45) is 0.253. The molecule has 0 aliphatic carbocycles. The van der Waals surface area contributed by atoms with Crippen molar-refractivity contribution in [1.82, 2.24) is 14.9 Å². The number of nitrogens with two attached hydrogens (primary N) is 1. The Morgan fingerprint density at radius 1 is 1.23 bits per heavy atom. The first kappa shape index (κ1) is 21.9. The predicted octanol–water partition coefficient (Wildman–Crippen LogP) is 4.08. The minimum Gasteiger partial charge on any atom is -0.335 e. The fraction of sp³-hybridized carbons (Fsp3) is 0.238. The summed E-state index contributed by atoms with van der Waals surface area (Å²) in [6.45, 7) is 4.35. The third-order valence-corrected chi connectivity index (χ3v) is 6.27. The molecule has 154 valence electrons. The fourth-order valence-electron chi connectivity index (χ4n) is 2.86. The molecule has 2 N–H and O–H groups in total. The molecule has 0 saturated heterocycles. The number of halogens is 1. The number of aromatic nitrogens is 3. The SMILES string of the molecule is Cc1ccc(N(CCC#N)C(=O)CSc2nnc(-c3ccccc3Br)n2N)cc1C. The standard InChI is InChI=1S/C21H21BrN6OS/c1-14-8-9-16(12-15(14)2)27(11-5-10-23)19(29)13-30-21-26-25-20(28(21)24)17-6-3-4-7-18(17)22/h3-4,6-9,12H,5,11,13,24H2,1-2H3. The monoisotopic (exact) mass is 484 g/mol. The van der Waals surface area contributed by atoms with E-state index in [0.29, 0.717) is 17.5 Å². The molecule has 7 nitrogen and oxygen atoms in total. The molecule has 3 aromatic rings. The van der Waals surface area contributed by atoms with Gasteiger partial charge in [-0.05, 0) is 49.2 Å². The van der Waals surface area contributed by atoms with Gasteiger partial charge in [0.25, 0.3) is 0 Å². The molecule has 0 atom stereocenters. The molecule has 30 heavy (non-hydrogen) atoms. The highest BCUT2D eigenvalue weighted by molar-refractivity contribution is 9.10. The number of hydrogen-bond donors (Lipinski definition) is 1. The van der Waals surface area contributed by atoms with Crippen molar-refractivity contribution < 1.29 is 4.79 Å². The smallest absolute Gasteiger partial charge is 0.237 e. The van der Waals surface area contributed by atoms with Crippen LogP contribution in [0.25, 0.3) is 11.4 Å². The van der Waals surface area contributed by atoms with Crippen LogP contribution in [0.1, 0.15) is 17.5 Å². The van der Waals surface area contributed by atoms with Gasteiger partial charge in [0.15, 0.2) is 5.82 Å². The van der Waals surface area contributed by atoms with E-state index in [0.717, 1.165) is 26.9 Å². The van der Waals surface area contributed by atoms with Gasteiger partial charge in [-0.15, -0.1) is 10.2 Å². The average molecular weight is 485 g/mol. The van der Waals surface area contributed by atoms with Crippen molar-refractivity contribution in [2.75, 3.05) is 23.0 Å². The van der Waals surface area contributed by atoms with E-state index in [1.54, 1.807) is 4.90 Å². The van der Waals surface area contributed by atoms with E-state index >= 15 is 0 Å². The Hall–Kier alpha value is -2.83. The second-order valence-electron chi connectivity index (χ2n) is 6.67. The number of hydrogen-bond acceptors (Lipinski definition) is 6. The topological polar surface area (TPSA) is 101 Å². The number of carbonyl (C=O) groups is 1. The number of nitriles is 1. The second-order valence-corrected chi connectivity index (χ2v) is 8.46.